The van der Waals surface area contributed by atoms with Gasteiger partial charge in [-0.1, -0.05) is 0 Å². The normalized spacial score (nSPS) is 29.3. The van der Waals surface area contributed by atoms with Crippen LogP contribution in [-0.2, 0) is 79.6 Å². The highest BCUT2D eigenvalue weighted by atomic mass is 31.3. The van der Waals surface area contributed by atoms with E-state index in [2.05, 4.69) is 19.3 Å². The SMILES string of the molecule is CC(=O)OC[C@@H](OC(C)=O)C1O[C@@H](OP(=O)(O)OP(=O)(O)OC[C@H]2O[C@@H](n3cnc4c(N)ncnc43)C(F)C2O)C(OC(C)=O)C(OC(C)=O)[C@H]1OC(C)=O. The monoisotopic (exact) mass is 831 g/mol. The first-order valence-electron chi connectivity index (χ1n) is 15.7. The van der Waals surface area contributed by atoms with Gasteiger partial charge < -0.3 is 53.8 Å². The van der Waals surface area contributed by atoms with Crippen LogP contribution in [0.25, 0.3) is 11.2 Å². The predicted molar refractivity (Wildman–Crippen MR) is 170 cm³/mol. The van der Waals surface area contributed by atoms with Gasteiger partial charge in [0.05, 0.1) is 12.9 Å². The second kappa shape index (κ2) is 17.7. The Balaban J connectivity index is 1.57. The average Bonchev–Trinajstić information content (AvgIpc) is 3.60. The van der Waals surface area contributed by atoms with E-state index in [1.807, 2.05) is 0 Å². The zero-order valence-corrected chi connectivity index (χ0v) is 31.1. The molecule has 0 amide bonds. The zero-order valence-electron chi connectivity index (χ0n) is 29.3. The van der Waals surface area contributed by atoms with Crippen LogP contribution in [0.5, 0.6) is 0 Å². The number of aromatic nitrogens is 4. The third-order valence-corrected chi connectivity index (χ3v) is 9.97. The molecule has 2 fully saturated rings. The van der Waals surface area contributed by atoms with Crippen LogP contribution >= 0.6 is 15.6 Å². The summed E-state index contributed by atoms with van der Waals surface area (Å²) >= 11 is 0. The fourth-order valence-electron chi connectivity index (χ4n) is 5.39. The lowest BCUT2D eigenvalue weighted by Crippen LogP contribution is -2.65. The minimum atomic E-state index is -5.97. The summed E-state index contributed by atoms with van der Waals surface area (Å²) < 4.78 is 93.1. The van der Waals surface area contributed by atoms with Crippen molar-refractivity contribution in [2.75, 3.05) is 18.9 Å². The first-order chi connectivity index (χ1) is 25.6. The molecule has 306 valence electrons. The second-order valence-corrected chi connectivity index (χ2v) is 14.6. The lowest BCUT2D eigenvalue weighted by molar-refractivity contribution is -0.301. The summed E-state index contributed by atoms with van der Waals surface area (Å²) in [5.41, 5.74) is 5.84. The highest BCUT2D eigenvalue weighted by molar-refractivity contribution is 7.61. The van der Waals surface area contributed by atoms with Crippen LogP contribution in [0.3, 0.4) is 0 Å². The van der Waals surface area contributed by atoms with Crippen LogP contribution in [0, 0.1) is 0 Å². The number of imidazole rings is 1. The maximum Gasteiger partial charge on any atom is 0.483 e. The van der Waals surface area contributed by atoms with E-state index in [4.69, 9.17) is 47.9 Å². The summed E-state index contributed by atoms with van der Waals surface area (Å²) in [6, 6.07) is 0. The van der Waals surface area contributed by atoms with Crippen LogP contribution in [0.4, 0.5) is 10.2 Å². The third-order valence-electron chi connectivity index (χ3n) is 7.37. The number of aliphatic hydroxyl groups is 1. The van der Waals surface area contributed by atoms with Gasteiger partial charge in [0.1, 0.15) is 36.8 Å². The maximum atomic E-state index is 15.2. The van der Waals surface area contributed by atoms with Crippen molar-refractivity contribution in [3.8, 4) is 0 Å². The van der Waals surface area contributed by atoms with Gasteiger partial charge in [0.2, 0.25) is 6.29 Å². The smallest absolute Gasteiger partial charge is 0.462 e. The van der Waals surface area contributed by atoms with E-state index >= 15 is 4.39 Å². The molecule has 2 aliphatic heterocycles. The summed E-state index contributed by atoms with van der Waals surface area (Å²) in [7, 11) is -11.7. The lowest BCUT2D eigenvalue weighted by atomic mass is 9.94. The molecule has 2 aromatic heterocycles. The number of nitrogens with zero attached hydrogens (tertiary/aromatic N) is 4. The Kier molecular flexibility index (Phi) is 14.0. The number of alkyl halides is 1. The molecule has 2 aliphatic rings. The fourth-order valence-corrected chi connectivity index (χ4v) is 7.54. The standard InChI is InChI=1S/C27H36FN5O20P2/c1-10(34)44-6-16(46-11(2)35)20-21(47-12(3)36)22(48-13(4)37)23(49-14(5)38)27(51-20)52-55(42,43)53-54(40,41)45-7-15-19(39)17(28)26(50-15)33-9-32-18-24(29)30-8-31-25(18)33/h8-9,15-17,19-23,26-27,39H,6-7H2,1-5H3,(H,40,41)(H,42,43)(H2,29,30,31)/t15-,16-,17?,19?,20?,21+,22?,23?,26-,27+/m1/s1. The van der Waals surface area contributed by atoms with E-state index in [-0.39, 0.29) is 17.0 Å². The Morgan fingerprint density at radius 3 is 2.11 bits per heavy atom. The van der Waals surface area contributed by atoms with Gasteiger partial charge in [0.15, 0.2) is 48.3 Å². The van der Waals surface area contributed by atoms with Crippen LogP contribution < -0.4 is 5.73 Å². The molecule has 28 heteroatoms. The van der Waals surface area contributed by atoms with Crippen LogP contribution in [0.2, 0.25) is 0 Å². The van der Waals surface area contributed by atoms with E-state index in [1.165, 1.54) is 0 Å². The first-order valence-corrected chi connectivity index (χ1v) is 18.7. The number of anilines is 1. The molecule has 2 aromatic rings. The molecule has 0 aromatic carbocycles. The van der Waals surface area contributed by atoms with Gasteiger partial charge in [0.25, 0.3) is 0 Å². The molecular weight excluding hydrogens is 795 g/mol. The van der Waals surface area contributed by atoms with Crippen molar-refractivity contribution < 1.29 is 98.9 Å². The number of esters is 5. The van der Waals surface area contributed by atoms with Crippen molar-refractivity contribution >= 4 is 62.5 Å². The van der Waals surface area contributed by atoms with Gasteiger partial charge in [-0.05, 0) is 0 Å². The summed E-state index contributed by atoms with van der Waals surface area (Å²) in [6.07, 6.45) is -17.4. The molecule has 0 saturated carbocycles. The number of hydrogen-bond acceptors (Lipinski definition) is 22. The summed E-state index contributed by atoms with van der Waals surface area (Å²) in [6.45, 7) is 2.58. The van der Waals surface area contributed by atoms with Gasteiger partial charge in [-0.15, -0.1) is 0 Å². The molecule has 7 unspecified atom stereocenters. The molecule has 0 bridgehead atoms. The molecule has 25 nitrogen and oxygen atoms in total. The molecule has 4 heterocycles. The third kappa shape index (κ3) is 11.2. The van der Waals surface area contributed by atoms with Crippen molar-refractivity contribution in [1.82, 2.24) is 19.5 Å². The lowest BCUT2D eigenvalue weighted by Gasteiger charge is -2.45. The number of carbonyl (C=O) groups excluding carboxylic acids is 5. The molecule has 12 atom stereocenters. The van der Waals surface area contributed by atoms with E-state index in [0.29, 0.717) is 0 Å². The van der Waals surface area contributed by atoms with E-state index in [1.54, 1.807) is 0 Å². The minimum Gasteiger partial charge on any atom is -0.462 e. The Labute approximate surface area is 308 Å². The number of fused-ring (bicyclic) bond motifs is 1. The Morgan fingerprint density at radius 1 is 0.891 bits per heavy atom. The predicted octanol–water partition coefficient (Wildman–Crippen LogP) is -0.730. The zero-order chi connectivity index (χ0) is 41.0. The van der Waals surface area contributed by atoms with Gasteiger partial charge in [0, 0.05) is 34.6 Å². The van der Waals surface area contributed by atoms with Crippen molar-refractivity contribution in [2.24, 2.45) is 0 Å². The summed E-state index contributed by atoms with van der Waals surface area (Å²) in [5, 5.41) is 10.5. The molecule has 2 saturated heterocycles. The Hall–Kier alpha value is -4.23. The molecule has 55 heavy (non-hydrogen) atoms. The Morgan fingerprint density at radius 2 is 1.51 bits per heavy atom. The number of nitrogen functional groups attached to an aromatic ring is 1. The van der Waals surface area contributed by atoms with Crippen LogP contribution in [0.15, 0.2) is 12.7 Å². The van der Waals surface area contributed by atoms with Crippen molar-refractivity contribution in [1.29, 1.82) is 0 Å². The van der Waals surface area contributed by atoms with Crippen LogP contribution in [-0.4, -0.2) is 133 Å². The summed E-state index contributed by atoms with van der Waals surface area (Å²) in [5.74, 6) is -5.27. The van der Waals surface area contributed by atoms with E-state index in [0.717, 1.165) is 51.8 Å². The highest BCUT2D eigenvalue weighted by Gasteiger charge is 2.57. The molecule has 0 aliphatic carbocycles. The number of nitrogens with two attached hydrogens (primary N) is 1. The van der Waals surface area contributed by atoms with E-state index < -0.39 is 120 Å². The van der Waals surface area contributed by atoms with Gasteiger partial charge in [-0.2, -0.15) is 4.31 Å². The number of phosphoric ester groups is 2. The largest absolute Gasteiger partial charge is 0.483 e. The molecule has 0 radical (unpaired) electrons. The Bertz CT molecular complexity index is 1870. The minimum absolute atomic E-state index is 0.0170. The number of halogens is 1. The second-order valence-electron chi connectivity index (χ2n) is 11.6. The summed E-state index contributed by atoms with van der Waals surface area (Å²) in [4.78, 5) is 92.7. The topological polar surface area (TPSA) is 342 Å². The molecule has 5 N–H and O–H groups in total. The number of phosphoric acid groups is 2. The van der Waals surface area contributed by atoms with E-state index in [9.17, 15) is 48.0 Å². The van der Waals surface area contributed by atoms with Gasteiger partial charge in [-0.25, -0.2) is 28.5 Å². The highest BCUT2D eigenvalue weighted by Crippen LogP contribution is 2.62. The molecule has 0 spiro atoms. The number of carbonyl (C=O) groups is 5. The van der Waals surface area contributed by atoms with Gasteiger partial charge >= 0.3 is 45.5 Å². The number of rotatable bonds is 15. The molecule has 4 rings (SSSR count). The number of ether oxygens (including phenoxy) is 7. The van der Waals surface area contributed by atoms with Crippen LogP contribution in [0.1, 0.15) is 40.8 Å². The van der Waals surface area contributed by atoms with Crippen molar-refractivity contribution in [2.45, 2.75) is 96.0 Å². The van der Waals surface area contributed by atoms with Crippen molar-refractivity contribution in [3.05, 3.63) is 12.7 Å². The first kappa shape index (κ1) is 43.5. The fraction of sp³-hybridized carbons (Fsp3) is 0.630. The maximum absolute atomic E-state index is 15.2. The average molecular weight is 832 g/mol. The quantitative estimate of drug-likeness (QED) is 0.0976. The van der Waals surface area contributed by atoms with Gasteiger partial charge in [-0.3, -0.25) is 37.6 Å². The van der Waals surface area contributed by atoms with Crippen molar-refractivity contribution in [3.63, 3.8) is 0 Å². The number of aliphatic hydroxyl groups excluding tert-OH is 1. The molecular formula is C27H36FN5O20P2. The number of hydrogen-bond donors (Lipinski definition) is 4.